The van der Waals surface area contributed by atoms with Gasteiger partial charge in [-0.25, -0.2) is 0 Å². The molecule has 0 heteroatoms. The SMILES string of the molecule is CCC([C](C)C)c1ccccc1. The third-order valence-electron chi connectivity index (χ3n) is 2.31. The average molecular weight is 161 g/mol. The predicted molar refractivity (Wildman–Crippen MR) is 54.1 cm³/mol. The van der Waals surface area contributed by atoms with E-state index in [0.717, 1.165) is 0 Å². The van der Waals surface area contributed by atoms with Crippen molar-refractivity contribution in [3.63, 3.8) is 0 Å². The molecule has 0 saturated carbocycles. The molecule has 0 aliphatic heterocycles. The summed E-state index contributed by atoms with van der Waals surface area (Å²) in [7, 11) is 0. The van der Waals surface area contributed by atoms with Gasteiger partial charge in [0.25, 0.3) is 0 Å². The van der Waals surface area contributed by atoms with E-state index >= 15 is 0 Å². The molecule has 0 saturated heterocycles. The molecule has 0 aromatic heterocycles. The van der Waals surface area contributed by atoms with Crippen LogP contribution in [0.15, 0.2) is 30.3 Å². The molecule has 1 atom stereocenters. The summed E-state index contributed by atoms with van der Waals surface area (Å²) >= 11 is 0. The Kier molecular flexibility index (Phi) is 3.33. The second-order valence-corrected chi connectivity index (χ2v) is 3.45. The monoisotopic (exact) mass is 161 g/mol. The minimum atomic E-state index is 0.645. The molecule has 12 heavy (non-hydrogen) atoms. The lowest BCUT2D eigenvalue weighted by Crippen LogP contribution is -2.02. The molecule has 0 amide bonds. The highest BCUT2D eigenvalue weighted by molar-refractivity contribution is 5.24. The van der Waals surface area contributed by atoms with Gasteiger partial charge in [0.15, 0.2) is 0 Å². The Labute approximate surface area is 75.6 Å². The average Bonchev–Trinajstić information content (AvgIpc) is 2.07. The van der Waals surface area contributed by atoms with Crippen molar-refractivity contribution in [2.45, 2.75) is 33.1 Å². The van der Waals surface area contributed by atoms with Crippen LogP contribution in [0.4, 0.5) is 0 Å². The van der Waals surface area contributed by atoms with Gasteiger partial charge in [-0.2, -0.15) is 0 Å². The summed E-state index contributed by atoms with van der Waals surface area (Å²) in [6.07, 6.45) is 1.20. The van der Waals surface area contributed by atoms with Crippen LogP contribution < -0.4 is 0 Å². The molecule has 0 aliphatic rings. The lowest BCUT2D eigenvalue weighted by atomic mass is 9.86. The first-order valence-corrected chi connectivity index (χ1v) is 4.60. The molecule has 1 rings (SSSR count). The molecule has 1 unspecified atom stereocenters. The normalized spacial score (nSPS) is 13.3. The van der Waals surface area contributed by atoms with Gasteiger partial charge < -0.3 is 0 Å². The zero-order chi connectivity index (χ0) is 8.97. The Hall–Kier alpha value is -0.780. The lowest BCUT2D eigenvalue weighted by molar-refractivity contribution is 0.679. The maximum Gasteiger partial charge on any atom is -0.0108 e. The van der Waals surface area contributed by atoms with Gasteiger partial charge in [0.2, 0.25) is 0 Å². The largest absolute Gasteiger partial charge is 0.0648 e. The van der Waals surface area contributed by atoms with E-state index in [-0.39, 0.29) is 0 Å². The molecule has 0 fully saturated rings. The number of rotatable bonds is 3. The van der Waals surface area contributed by atoms with Crippen molar-refractivity contribution in [2.75, 3.05) is 0 Å². The summed E-state index contributed by atoms with van der Waals surface area (Å²) in [4.78, 5) is 0. The topological polar surface area (TPSA) is 0 Å². The highest BCUT2D eigenvalue weighted by atomic mass is 14.2. The lowest BCUT2D eigenvalue weighted by Gasteiger charge is -2.18. The fraction of sp³-hybridized carbons (Fsp3) is 0.417. The van der Waals surface area contributed by atoms with Crippen LogP contribution in [0.3, 0.4) is 0 Å². The zero-order valence-electron chi connectivity index (χ0n) is 8.17. The van der Waals surface area contributed by atoms with Gasteiger partial charge in [0.05, 0.1) is 0 Å². The van der Waals surface area contributed by atoms with E-state index in [1.165, 1.54) is 17.9 Å². The van der Waals surface area contributed by atoms with Gasteiger partial charge in [-0.1, -0.05) is 51.1 Å². The van der Waals surface area contributed by atoms with Crippen LogP contribution >= 0.6 is 0 Å². The summed E-state index contributed by atoms with van der Waals surface area (Å²) in [6.45, 7) is 6.66. The van der Waals surface area contributed by atoms with Crippen molar-refractivity contribution < 1.29 is 0 Å². The standard InChI is InChI=1S/C12H17/c1-4-12(10(2)3)11-8-6-5-7-9-11/h5-9,12H,4H2,1-3H3. The van der Waals surface area contributed by atoms with E-state index < -0.39 is 0 Å². The van der Waals surface area contributed by atoms with E-state index in [4.69, 9.17) is 0 Å². The Morgan fingerprint density at radius 3 is 2.17 bits per heavy atom. The molecule has 0 heterocycles. The van der Waals surface area contributed by atoms with Crippen molar-refractivity contribution in [3.8, 4) is 0 Å². The summed E-state index contributed by atoms with van der Waals surface area (Å²) in [6, 6.07) is 10.7. The fourth-order valence-electron chi connectivity index (χ4n) is 1.66. The second-order valence-electron chi connectivity index (χ2n) is 3.45. The van der Waals surface area contributed by atoms with Gasteiger partial charge >= 0.3 is 0 Å². The summed E-state index contributed by atoms with van der Waals surface area (Å²) in [5.41, 5.74) is 1.44. The van der Waals surface area contributed by atoms with Crippen LogP contribution in [0.5, 0.6) is 0 Å². The first kappa shape index (κ1) is 9.31. The molecule has 0 N–H and O–H groups in total. The first-order chi connectivity index (χ1) is 5.75. The molecular weight excluding hydrogens is 144 g/mol. The van der Waals surface area contributed by atoms with Crippen LogP contribution in [-0.2, 0) is 0 Å². The maximum absolute atomic E-state index is 2.24. The van der Waals surface area contributed by atoms with Gasteiger partial charge in [0.1, 0.15) is 0 Å². The third kappa shape index (κ3) is 2.10. The van der Waals surface area contributed by atoms with Crippen LogP contribution in [-0.4, -0.2) is 0 Å². The number of benzene rings is 1. The minimum absolute atomic E-state index is 0.645. The number of hydrogen-bond acceptors (Lipinski definition) is 0. The Morgan fingerprint density at radius 2 is 1.75 bits per heavy atom. The molecular formula is C12H17. The van der Waals surface area contributed by atoms with Gasteiger partial charge in [-0.15, -0.1) is 0 Å². The van der Waals surface area contributed by atoms with Crippen molar-refractivity contribution in [2.24, 2.45) is 0 Å². The first-order valence-electron chi connectivity index (χ1n) is 4.60. The molecule has 0 bridgehead atoms. The molecule has 0 aliphatic carbocycles. The van der Waals surface area contributed by atoms with Gasteiger partial charge in [-0.3, -0.25) is 0 Å². The minimum Gasteiger partial charge on any atom is -0.0648 e. The summed E-state index contributed by atoms with van der Waals surface area (Å²) in [5, 5.41) is 0. The van der Waals surface area contributed by atoms with E-state index in [0.29, 0.717) is 5.92 Å². The molecule has 0 nitrogen and oxygen atoms in total. The maximum atomic E-state index is 2.24. The van der Waals surface area contributed by atoms with Gasteiger partial charge in [-0.05, 0) is 23.8 Å². The quantitative estimate of drug-likeness (QED) is 0.632. The fourth-order valence-corrected chi connectivity index (χ4v) is 1.66. The Morgan fingerprint density at radius 1 is 1.17 bits per heavy atom. The number of hydrogen-bond donors (Lipinski definition) is 0. The van der Waals surface area contributed by atoms with Crippen molar-refractivity contribution in [1.29, 1.82) is 0 Å². The van der Waals surface area contributed by atoms with Gasteiger partial charge in [0, 0.05) is 0 Å². The molecule has 0 spiro atoms. The summed E-state index contributed by atoms with van der Waals surface area (Å²) in [5.74, 6) is 2.15. The molecule has 1 aromatic rings. The summed E-state index contributed by atoms with van der Waals surface area (Å²) < 4.78 is 0. The van der Waals surface area contributed by atoms with Crippen LogP contribution in [0.2, 0.25) is 0 Å². The molecule has 1 aromatic carbocycles. The second kappa shape index (κ2) is 4.30. The highest BCUT2D eigenvalue weighted by Crippen LogP contribution is 2.28. The van der Waals surface area contributed by atoms with Crippen molar-refractivity contribution >= 4 is 0 Å². The van der Waals surface area contributed by atoms with Crippen LogP contribution in [0.1, 0.15) is 38.7 Å². The van der Waals surface area contributed by atoms with Crippen molar-refractivity contribution in [3.05, 3.63) is 41.8 Å². The Balaban J connectivity index is 2.80. The van der Waals surface area contributed by atoms with E-state index in [1.54, 1.807) is 0 Å². The molecule has 1 radical (unpaired) electrons. The van der Waals surface area contributed by atoms with E-state index in [9.17, 15) is 0 Å². The van der Waals surface area contributed by atoms with Crippen LogP contribution in [0, 0.1) is 5.92 Å². The third-order valence-corrected chi connectivity index (χ3v) is 2.31. The zero-order valence-corrected chi connectivity index (χ0v) is 8.17. The van der Waals surface area contributed by atoms with Crippen molar-refractivity contribution in [1.82, 2.24) is 0 Å². The predicted octanol–water partition coefficient (Wildman–Crippen LogP) is 3.79. The smallest absolute Gasteiger partial charge is 0.0108 e. The van der Waals surface area contributed by atoms with Crippen LogP contribution in [0.25, 0.3) is 0 Å². The van der Waals surface area contributed by atoms with E-state index in [2.05, 4.69) is 51.1 Å². The molecule has 65 valence electrons. The highest BCUT2D eigenvalue weighted by Gasteiger charge is 2.12. The van der Waals surface area contributed by atoms with E-state index in [1.807, 2.05) is 0 Å². The Bertz CT molecular complexity index is 211.